The second-order valence-electron chi connectivity index (χ2n) is 7.60. The highest BCUT2D eigenvalue weighted by Crippen LogP contribution is 2.19. The summed E-state index contributed by atoms with van der Waals surface area (Å²) in [6.07, 6.45) is 5.60. The maximum absolute atomic E-state index is 12.4. The number of aromatic nitrogens is 1. The zero-order chi connectivity index (χ0) is 19.4. The molecule has 0 radical (unpaired) electrons. The van der Waals surface area contributed by atoms with Crippen molar-refractivity contribution in [3.8, 4) is 0 Å². The normalized spacial score (nSPS) is 17.7. The van der Waals surface area contributed by atoms with Gasteiger partial charge in [0.15, 0.2) is 5.78 Å². The number of Topliss-reactive ketones (excluding diaryl/α,β-unsaturated/α-hetero) is 1. The van der Waals surface area contributed by atoms with Gasteiger partial charge in [-0.05, 0) is 50.4 Å². The Morgan fingerprint density at radius 1 is 1.15 bits per heavy atom. The summed E-state index contributed by atoms with van der Waals surface area (Å²) in [5.74, 6) is -0.209. The third-order valence-electron chi connectivity index (χ3n) is 5.45. The summed E-state index contributed by atoms with van der Waals surface area (Å²) >= 11 is 0. The molecule has 1 unspecified atom stereocenters. The SMILES string of the molecule is CC(=O)c1cc(C(=O)NCc2ccc(CN3CCCCC3C)cc2)n(C)c1. The Morgan fingerprint density at radius 2 is 1.85 bits per heavy atom. The van der Waals surface area contributed by atoms with Crippen LogP contribution in [-0.2, 0) is 20.1 Å². The molecule has 5 nitrogen and oxygen atoms in total. The van der Waals surface area contributed by atoms with Gasteiger partial charge in [-0.15, -0.1) is 0 Å². The number of hydrogen-bond acceptors (Lipinski definition) is 3. The van der Waals surface area contributed by atoms with E-state index in [4.69, 9.17) is 0 Å². The van der Waals surface area contributed by atoms with Gasteiger partial charge in [0, 0.05) is 37.9 Å². The minimum Gasteiger partial charge on any atom is -0.347 e. The molecule has 2 aromatic rings. The molecule has 5 heteroatoms. The van der Waals surface area contributed by atoms with Gasteiger partial charge in [-0.3, -0.25) is 14.5 Å². The number of nitrogens with zero attached hydrogens (tertiary/aromatic N) is 2. The summed E-state index contributed by atoms with van der Waals surface area (Å²) in [6, 6.07) is 10.8. The van der Waals surface area contributed by atoms with E-state index in [0.717, 1.165) is 12.1 Å². The Balaban J connectivity index is 1.55. The third kappa shape index (κ3) is 4.86. The molecule has 2 heterocycles. The fourth-order valence-corrected chi connectivity index (χ4v) is 3.65. The van der Waals surface area contributed by atoms with Crippen molar-refractivity contribution in [1.82, 2.24) is 14.8 Å². The summed E-state index contributed by atoms with van der Waals surface area (Å²) in [7, 11) is 1.78. The molecule has 1 aliphatic rings. The number of carbonyl (C=O) groups is 2. The Labute approximate surface area is 161 Å². The minimum atomic E-state index is -0.170. The maximum Gasteiger partial charge on any atom is 0.268 e. The predicted molar refractivity (Wildman–Crippen MR) is 107 cm³/mol. The first-order valence-corrected chi connectivity index (χ1v) is 9.71. The average molecular weight is 367 g/mol. The monoisotopic (exact) mass is 367 g/mol. The average Bonchev–Trinajstić information content (AvgIpc) is 3.05. The molecular formula is C22H29N3O2. The number of piperidine rings is 1. The van der Waals surface area contributed by atoms with E-state index in [1.54, 1.807) is 23.9 Å². The van der Waals surface area contributed by atoms with E-state index in [1.807, 2.05) is 0 Å². The van der Waals surface area contributed by atoms with Crippen LogP contribution in [0.15, 0.2) is 36.5 Å². The number of ketones is 1. The van der Waals surface area contributed by atoms with Crippen molar-refractivity contribution in [3.05, 3.63) is 58.9 Å². The van der Waals surface area contributed by atoms with E-state index >= 15 is 0 Å². The standard InChI is InChI=1S/C22H29N3O2/c1-16-6-4-5-11-25(16)14-19-9-7-18(8-10-19)13-23-22(27)21-12-20(17(2)26)15-24(21)3/h7-10,12,15-16H,4-6,11,13-14H2,1-3H3,(H,23,27). The van der Waals surface area contributed by atoms with E-state index in [-0.39, 0.29) is 11.7 Å². The van der Waals surface area contributed by atoms with E-state index in [1.165, 1.54) is 38.3 Å². The lowest BCUT2D eigenvalue weighted by molar-refractivity contribution is 0.0942. The predicted octanol–water partition coefficient (Wildman–Crippen LogP) is 3.53. The second kappa shape index (κ2) is 8.53. The second-order valence-corrected chi connectivity index (χ2v) is 7.60. The molecule has 1 aliphatic heterocycles. The number of amides is 1. The number of nitrogens with one attached hydrogen (secondary N) is 1. The third-order valence-corrected chi connectivity index (χ3v) is 5.45. The molecule has 0 spiro atoms. The lowest BCUT2D eigenvalue weighted by Gasteiger charge is -2.33. The minimum absolute atomic E-state index is 0.0386. The highest BCUT2D eigenvalue weighted by atomic mass is 16.2. The largest absolute Gasteiger partial charge is 0.347 e. The van der Waals surface area contributed by atoms with Gasteiger partial charge < -0.3 is 9.88 Å². The van der Waals surface area contributed by atoms with Crippen LogP contribution in [0.3, 0.4) is 0 Å². The number of benzene rings is 1. The van der Waals surface area contributed by atoms with Gasteiger partial charge >= 0.3 is 0 Å². The molecule has 1 aromatic carbocycles. The first kappa shape index (κ1) is 19.4. The number of hydrogen-bond donors (Lipinski definition) is 1. The smallest absolute Gasteiger partial charge is 0.268 e. The summed E-state index contributed by atoms with van der Waals surface area (Å²) < 4.78 is 1.69. The van der Waals surface area contributed by atoms with Gasteiger partial charge in [-0.2, -0.15) is 0 Å². The Morgan fingerprint density at radius 3 is 2.48 bits per heavy atom. The molecule has 1 atom stereocenters. The summed E-state index contributed by atoms with van der Waals surface area (Å²) in [6.45, 7) is 6.45. The number of likely N-dealkylation sites (tertiary alicyclic amines) is 1. The molecule has 0 aliphatic carbocycles. The number of aryl methyl sites for hydroxylation is 1. The lowest BCUT2D eigenvalue weighted by atomic mass is 10.0. The van der Waals surface area contributed by atoms with Crippen LogP contribution in [-0.4, -0.2) is 33.7 Å². The van der Waals surface area contributed by atoms with Gasteiger partial charge in [0.05, 0.1) is 0 Å². The van der Waals surface area contributed by atoms with Crippen molar-refractivity contribution in [2.24, 2.45) is 7.05 Å². The Kier molecular flexibility index (Phi) is 6.11. The van der Waals surface area contributed by atoms with Gasteiger partial charge in [-0.25, -0.2) is 0 Å². The van der Waals surface area contributed by atoms with Crippen LogP contribution in [0.5, 0.6) is 0 Å². The topological polar surface area (TPSA) is 54.3 Å². The highest BCUT2D eigenvalue weighted by Gasteiger charge is 2.18. The Hall–Kier alpha value is -2.40. The van der Waals surface area contributed by atoms with Crippen LogP contribution in [0.1, 0.15) is 65.1 Å². The quantitative estimate of drug-likeness (QED) is 0.795. The molecular weight excluding hydrogens is 338 g/mol. The van der Waals surface area contributed by atoms with Crippen LogP contribution in [0.4, 0.5) is 0 Å². The first-order chi connectivity index (χ1) is 12.9. The van der Waals surface area contributed by atoms with Gasteiger partial charge in [0.1, 0.15) is 5.69 Å². The van der Waals surface area contributed by atoms with E-state index in [9.17, 15) is 9.59 Å². The highest BCUT2D eigenvalue weighted by molar-refractivity contribution is 5.99. The summed E-state index contributed by atoms with van der Waals surface area (Å²) in [4.78, 5) is 26.4. The van der Waals surface area contributed by atoms with Crippen LogP contribution in [0, 0.1) is 0 Å². The number of carbonyl (C=O) groups excluding carboxylic acids is 2. The fraction of sp³-hybridized carbons (Fsp3) is 0.455. The number of rotatable bonds is 6. The lowest BCUT2D eigenvalue weighted by Crippen LogP contribution is -2.36. The zero-order valence-corrected chi connectivity index (χ0v) is 16.5. The van der Waals surface area contributed by atoms with Crippen molar-refractivity contribution in [1.29, 1.82) is 0 Å². The van der Waals surface area contributed by atoms with Crippen molar-refractivity contribution >= 4 is 11.7 Å². The fourth-order valence-electron chi connectivity index (χ4n) is 3.65. The molecule has 1 saturated heterocycles. The van der Waals surface area contributed by atoms with Crippen LogP contribution < -0.4 is 5.32 Å². The van der Waals surface area contributed by atoms with Crippen molar-refractivity contribution in [3.63, 3.8) is 0 Å². The van der Waals surface area contributed by atoms with Crippen molar-refractivity contribution in [2.75, 3.05) is 6.54 Å². The summed E-state index contributed by atoms with van der Waals surface area (Å²) in [5.41, 5.74) is 3.43. The molecule has 27 heavy (non-hydrogen) atoms. The Bertz CT molecular complexity index is 807. The van der Waals surface area contributed by atoms with E-state index in [2.05, 4.69) is 41.4 Å². The van der Waals surface area contributed by atoms with Crippen molar-refractivity contribution < 1.29 is 9.59 Å². The van der Waals surface area contributed by atoms with Crippen LogP contribution in [0.25, 0.3) is 0 Å². The van der Waals surface area contributed by atoms with Gasteiger partial charge in [-0.1, -0.05) is 30.7 Å². The molecule has 0 saturated carbocycles. The molecule has 1 N–H and O–H groups in total. The maximum atomic E-state index is 12.4. The molecule has 1 aromatic heterocycles. The van der Waals surface area contributed by atoms with E-state index < -0.39 is 0 Å². The van der Waals surface area contributed by atoms with Gasteiger partial charge in [0.2, 0.25) is 0 Å². The first-order valence-electron chi connectivity index (χ1n) is 9.71. The molecule has 0 bridgehead atoms. The molecule has 1 amide bonds. The molecule has 3 rings (SSSR count). The van der Waals surface area contributed by atoms with Crippen LogP contribution in [0.2, 0.25) is 0 Å². The molecule has 1 fully saturated rings. The van der Waals surface area contributed by atoms with Crippen molar-refractivity contribution in [2.45, 2.75) is 52.2 Å². The van der Waals surface area contributed by atoms with E-state index in [0.29, 0.717) is 23.8 Å². The zero-order valence-electron chi connectivity index (χ0n) is 16.5. The van der Waals surface area contributed by atoms with Gasteiger partial charge in [0.25, 0.3) is 5.91 Å². The molecule has 144 valence electrons. The van der Waals surface area contributed by atoms with Crippen LogP contribution >= 0.6 is 0 Å². The summed E-state index contributed by atoms with van der Waals surface area (Å²) in [5, 5.41) is 2.93.